The van der Waals surface area contributed by atoms with Crippen LogP contribution in [0.2, 0.25) is 0 Å². The monoisotopic (exact) mass is 304 g/mol. The van der Waals surface area contributed by atoms with Crippen LogP contribution in [0, 0.1) is 0 Å². The molecule has 116 valence electrons. The van der Waals surface area contributed by atoms with Gasteiger partial charge in [0.1, 0.15) is 5.65 Å². The van der Waals surface area contributed by atoms with Crippen molar-refractivity contribution in [1.82, 2.24) is 9.97 Å². The SMILES string of the molecule is CN=CC(=CN)c1ccc2cnc3[nH]cc(C4CCC4)c3c2c1. The van der Waals surface area contributed by atoms with Gasteiger partial charge >= 0.3 is 0 Å². The van der Waals surface area contributed by atoms with Crippen LogP contribution >= 0.6 is 0 Å². The summed E-state index contributed by atoms with van der Waals surface area (Å²) in [6.07, 6.45) is 11.4. The maximum atomic E-state index is 5.76. The Hall–Kier alpha value is -2.62. The lowest BCUT2D eigenvalue weighted by Gasteiger charge is -2.25. The standard InChI is InChI=1S/C19H20N4/c1-21-9-15(8-20)13-5-6-14-10-22-19-18(16(14)7-13)17(11-23-19)12-3-2-4-12/h5-12H,2-4,20H2,1H3,(H,22,23). The molecule has 3 N–H and O–H groups in total. The first-order chi connectivity index (χ1) is 11.3. The fraction of sp³-hybridized carbons (Fsp3) is 0.263. The molecule has 0 unspecified atom stereocenters. The van der Waals surface area contributed by atoms with Crippen molar-refractivity contribution in [2.24, 2.45) is 10.7 Å². The molecule has 0 amide bonds. The number of hydrogen-bond donors (Lipinski definition) is 2. The Morgan fingerprint density at radius 3 is 2.96 bits per heavy atom. The Morgan fingerprint density at radius 2 is 2.26 bits per heavy atom. The molecule has 23 heavy (non-hydrogen) atoms. The summed E-state index contributed by atoms with van der Waals surface area (Å²) in [4.78, 5) is 12.0. The number of rotatable bonds is 3. The van der Waals surface area contributed by atoms with Crippen LogP contribution in [0.4, 0.5) is 0 Å². The van der Waals surface area contributed by atoms with E-state index in [4.69, 9.17) is 5.73 Å². The number of allylic oxidation sites excluding steroid dienone is 1. The van der Waals surface area contributed by atoms with E-state index in [2.05, 4.69) is 39.4 Å². The minimum atomic E-state index is 0.668. The van der Waals surface area contributed by atoms with E-state index in [0.717, 1.165) is 22.2 Å². The number of hydrogen-bond acceptors (Lipinski definition) is 3. The first kappa shape index (κ1) is 14.0. The summed E-state index contributed by atoms with van der Waals surface area (Å²) in [7, 11) is 1.76. The number of nitrogens with one attached hydrogen (secondary N) is 1. The second-order valence-electron chi connectivity index (χ2n) is 6.16. The molecular weight excluding hydrogens is 284 g/mol. The summed E-state index contributed by atoms with van der Waals surface area (Å²) < 4.78 is 0. The van der Waals surface area contributed by atoms with Crippen LogP contribution in [0.3, 0.4) is 0 Å². The Morgan fingerprint density at radius 1 is 1.39 bits per heavy atom. The van der Waals surface area contributed by atoms with E-state index in [1.807, 2.05) is 6.20 Å². The van der Waals surface area contributed by atoms with E-state index < -0.39 is 0 Å². The molecule has 0 spiro atoms. The Kier molecular flexibility index (Phi) is 3.37. The lowest BCUT2D eigenvalue weighted by Crippen LogP contribution is -2.08. The number of aromatic nitrogens is 2. The van der Waals surface area contributed by atoms with Gasteiger partial charge < -0.3 is 10.7 Å². The van der Waals surface area contributed by atoms with Crippen LogP contribution < -0.4 is 5.73 Å². The normalized spacial score (nSPS) is 16.5. The van der Waals surface area contributed by atoms with Gasteiger partial charge in [-0.1, -0.05) is 18.6 Å². The van der Waals surface area contributed by atoms with Crippen LogP contribution in [0.25, 0.3) is 27.4 Å². The van der Waals surface area contributed by atoms with Gasteiger partial charge in [-0.15, -0.1) is 0 Å². The van der Waals surface area contributed by atoms with Gasteiger partial charge in [0.05, 0.1) is 0 Å². The topological polar surface area (TPSA) is 67.1 Å². The van der Waals surface area contributed by atoms with E-state index in [1.54, 1.807) is 19.5 Å². The van der Waals surface area contributed by atoms with Gasteiger partial charge in [-0.3, -0.25) is 4.99 Å². The highest BCUT2D eigenvalue weighted by Gasteiger charge is 2.23. The quantitative estimate of drug-likeness (QED) is 0.719. The second kappa shape index (κ2) is 5.54. The van der Waals surface area contributed by atoms with Gasteiger partial charge in [0.15, 0.2) is 0 Å². The van der Waals surface area contributed by atoms with Crippen LogP contribution in [0.1, 0.15) is 36.3 Å². The molecule has 0 saturated heterocycles. The average Bonchev–Trinajstić information content (AvgIpc) is 2.95. The molecule has 3 aromatic rings. The van der Waals surface area contributed by atoms with Crippen LogP contribution in [0.15, 0.2) is 41.8 Å². The maximum Gasteiger partial charge on any atom is 0.138 e. The van der Waals surface area contributed by atoms with E-state index in [0.29, 0.717) is 5.92 Å². The third-order valence-electron chi connectivity index (χ3n) is 4.87. The highest BCUT2D eigenvalue weighted by atomic mass is 14.8. The largest absolute Gasteiger partial charge is 0.404 e. The average molecular weight is 304 g/mol. The zero-order chi connectivity index (χ0) is 15.8. The Bertz CT molecular complexity index is 929. The molecule has 2 heterocycles. The van der Waals surface area contributed by atoms with Gasteiger partial charge in [0.25, 0.3) is 0 Å². The number of benzene rings is 1. The van der Waals surface area contributed by atoms with Crippen LogP contribution in [0.5, 0.6) is 0 Å². The number of pyridine rings is 1. The number of aliphatic imine (C=N–C) groups is 1. The third kappa shape index (κ3) is 2.22. The molecule has 0 atom stereocenters. The molecule has 2 aromatic heterocycles. The number of fused-ring (bicyclic) bond motifs is 3. The molecule has 0 radical (unpaired) electrons. The summed E-state index contributed by atoms with van der Waals surface area (Å²) in [6, 6.07) is 6.39. The lowest BCUT2D eigenvalue weighted by molar-refractivity contribution is 0.422. The molecule has 4 heteroatoms. The minimum absolute atomic E-state index is 0.668. The van der Waals surface area contributed by atoms with E-state index in [9.17, 15) is 0 Å². The van der Waals surface area contributed by atoms with Crippen molar-refractivity contribution in [1.29, 1.82) is 0 Å². The van der Waals surface area contributed by atoms with E-state index >= 15 is 0 Å². The van der Waals surface area contributed by atoms with Crippen molar-refractivity contribution >= 4 is 33.6 Å². The molecule has 4 rings (SSSR count). The maximum absolute atomic E-state index is 5.76. The van der Waals surface area contributed by atoms with Crippen molar-refractivity contribution in [3.63, 3.8) is 0 Å². The van der Waals surface area contributed by atoms with Crippen LogP contribution in [-0.4, -0.2) is 23.2 Å². The van der Waals surface area contributed by atoms with Gasteiger partial charge in [-0.2, -0.15) is 0 Å². The zero-order valence-electron chi connectivity index (χ0n) is 13.2. The highest BCUT2D eigenvalue weighted by Crippen LogP contribution is 2.41. The molecule has 0 bridgehead atoms. The van der Waals surface area contributed by atoms with E-state index in [1.165, 1.54) is 35.6 Å². The Labute approximate surface area is 135 Å². The van der Waals surface area contributed by atoms with Crippen molar-refractivity contribution in [2.75, 3.05) is 7.05 Å². The van der Waals surface area contributed by atoms with Gasteiger partial charge in [-0.05, 0) is 41.3 Å². The Balaban J connectivity index is 1.97. The van der Waals surface area contributed by atoms with E-state index in [-0.39, 0.29) is 0 Å². The third-order valence-corrected chi connectivity index (χ3v) is 4.87. The number of aromatic amines is 1. The molecule has 1 aliphatic carbocycles. The molecule has 1 aliphatic rings. The van der Waals surface area contributed by atoms with Crippen molar-refractivity contribution < 1.29 is 0 Å². The molecular formula is C19H20N4. The van der Waals surface area contributed by atoms with Gasteiger partial charge in [-0.25, -0.2) is 4.98 Å². The summed E-state index contributed by atoms with van der Waals surface area (Å²) in [6.45, 7) is 0. The predicted octanol–water partition coefficient (Wildman–Crippen LogP) is 3.98. The predicted molar refractivity (Wildman–Crippen MR) is 96.8 cm³/mol. The second-order valence-corrected chi connectivity index (χ2v) is 6.16. The molecule has 1 saturated carbocycles. The first-order valence-corrected chi connectivity index (χ1v) is 8.06. The number of nitrogens with zero attached hydrogens (tertiary/aromatic N) is 2. The van der Waals surface area contributed by atoms with Gasteiger partial charge in [0.2, 0.25) is 0 Å². The van der Waals surface area contributed by atoms with Crippen molar-refractivity contribution in [3.05, 3.63) is 47.9 Å². The fourth-order valence-corrected chi connectivity index (χ4v) is 3.41. The zero-order valence-corrected chi connectivity index (χ0v) is 13.2. The van der Waals surface area contributed by atoms with Crippen LogP contribution in [-0.2, 0) is 0 Å². The molecule has 0 aliphatic heterocycles. The summed E-state index contributed by atoms with van der Waals surface area (Å²) in [5.41, 5.74) is 10.2. The van der Waals surface area contributed by atoms with Crippen molar-refractivity contribution in [3.8, 4) is 0 Å². The van der Waals surface area contributed by atoms with Gasteiger partial charge in [0, 0.05) is 48.2 Å². The molecule has 1 aromatic carbocycles. The minimum Gasteiger partial charge on any atom is -0.404 e. The highest BCUT2D eigenvalue weighted by molar-refractivity contribution is 6.13. The van der Waals surface area contributed by atoms with Crippen molar-refractivity contribution in [2.45, 2.75) is 25.2 Å². The summed E-state index contributed by atoms with van der Waals surface area (Å²) in [5.74, 6) is 0.668. The smallest absolute Gasteiger partial charge is 0.138 e. The first-order valence-electron chi connectivity index (χ1n) is 8.06. The number of nitrogens with two attached hydrogens (primary N) is 1. The summed E-state index contributed by atoms with van der Waals surface area (Å²) in [5, 5.41) is 3.66. The number of H-pyrrole nitrogens is 1. The summed E-state index contributed by atoms with van der Waals surface area (Å²) >= 11 is 0. The molecule has 4 nitrogen and oxygen atoms in total. The fourth-order valence-electron chi connectivity index (χ4n) is 3.41. The molecule has 1 fully saturated rings. The lowest BCUT2D eigenvalue weighted by atomic mass is 9.79.